The molecule has 0 aliphatic carbocycles. The molecule has 2 aromatic heterocycles. The minimum Gasteiger partial charge on any atom is -0.506 e. The van der Waals surface area contributed by atoms with Crippen LogP contribution in [0.15, 0.2) is 36.5 Å². The van der Waals surface area contributed by atoms with Crippen molar-refractivity contribution in [2.24, 2.45) is 0 Å². The summed E-state index contributed by atoms with van der Waals surface area (Å²) in [6.07, 6.45) is 1.57. The van der Waals surface area contributed by atoms with E-state index in [4.69, 9.17) is 5.11 Å². The first-order valence-corrected chi connectivity index (χ1v) is 5.38. The maximum Gasteiger partial charge on any atom is 0.353 e. The lowest BCUT2D eigenvalue weighted by atomic mass is 10.1. The van der Waals surface area contributed by atoms with Gasteiger partial charge in [-0.15, -0.1) is 0 Å². The van der Waals surface area contributed by atoms with E-state index in [1.165, 1.54) is 0 Å². The van der Waals surface area contributed by atoms with Crippen LogP contribution in [0.3, 0.4) is 0 Å². The first kappa shape index (κ1) is 10.5. The second-order valence-corrected chi connectivity index (χ2v) is 4.00. The van der Waals surface area contributed by atoms with E-state index in [-0.39, 0.29) is 11.4 Å². The predicted octanol–water partition coefficient (Wildman–Crippen LogP) is 2.57. The summed E-state index contributed by atoms with van der Waals surface area (Å²) in [4.78, 5) is 16.8. The number of H-pyrrole nitrogens is 2. The van der Waals surface area contributed by atoms with E-state index in [2.05, 4.69) is 9.97 Å². The van der Waals surface area contributed by atoms with Gasteiger partial charge in [0.1, 0.15) is 11.4 Å². The van der Waals surface area contributed by atoms with Crippen LogP contribution in [-0.4, -0.2) is 26.2 Å². The second-order valence-electron chi connectivity index (χ2n) is 4.00. The fourth-order valence-corrected chi connectivity index (χ4v) is 2.06. The van der Waals surface area contributed by atoms with Gasteiger partial charge in [-0.2, -0.15) is 0 Å². The van der Waals surface area contributed by atoms with Crippen LogP contribution in [-0.2, 0) is 0 Å². The Kier molecular flexibility index (Phi) is 2.13. The standard InChI is InChI=1S/C13H10N2O3/c16-10-3-1-2-7-6-9(15-11(7)10)8-4-5-14-12(8)13(17)18/h1-6,14-16H,(H,17,18). The maximum absolute atomic E-state index is 11.0. The Morgan fingerprint density at radius 2 is 2.06 bits per heavy atom. The van der Waals surface area contributed by atoms with Crippen molar-refractivity contribution in [2.45, 2.75) is 0 Å². The summed E-state index contributed by atoms with van der Waals surface area (Å²) in [5, 5.41) is 19.6. The quantitative estimate of drug-likeness (QED) is 0.556. The number of hydrogen-bond acceptors (Lipinski definition) is 2. The molecule has 0 saturated carbocycles. The first-order chi connectivity index (χ1) is 8.66. The number of carboxylic acids is 1. The Labute approximate surface area is 102 Å². The number of aromatic amines is 2. The second kappa shape index (κ2) is 3.66. The molecule has 0 fully saturated rings. The summed E-state index contributed by atoms with van der Waals surface area (Å²) in [5.74, 6) is -0.871. The van der Waals surface area contributed by atoms with Crippen molar-refractivity contribution in [2.75, 3.05) is 0 Å². The van der Waals surface area contributed by atoms with Crippen molar-refractivity contribution in [1.82, 2.24) is 9.97 Å². The topological polar surface area (TPSA) is 89.1 Å². The molecule has 1 aromatic carbocycles. The number of aromatic carboxylic acids is 1. The number of hydrogen-bond donors (Lipinski definition) is 4. The van der Waals surface area contributed by atoms with Crippen molar-refractivity contribution >= 4 is 16.9 Å². The third-order valence-corrected chi connectivity index (χ3v) is 2.89. The molecule has 0 saturated heterocycles. The first-order valence-electron chi connectivity index (χ1n) is 5.38. The summed E-state index contributed by atoms with van der Waals surface area (Å²) in [7, 11) is 0. The van der Waals surface area contributed by atoms with Crippen LogP contribution < -0.4 is 0 Å². The Morgan fingerprint density at radius 3 is 2.78 bits per heavy atom. The summed E-state index contributed by atoms with van der Waals surface area (Å²) in [6, 6.07) is 8.67. The molecule has 5 nitrogen and oxygen atoms in total. The third kappa shape index (κ3) is 1.45. The van der Waals surface area contributed by atoms with Crippen molar-refractivity contribution in [3.8, 4) is 17.0 Å². The zero-order chi connectivity index (χ0) is 12.7. The van der Waals surface area contributed by atoms with E-state index in [1.54, 1.807) is 24.4 Å². The van der Waals surface area contributed by atoms with Crippen LogP contribution in [0.2, 0.25) is 0 Å². The van der Waals surface area contributed by atoms with Crippen LogP contribution in [0, 0.1) is 0 Å². The minimum atomic E-state index is -1.02. The van der Waals surface area contributed by atoms with Gasteiger partial charge in [0.05, 0.1) is 5.52 Å². The van der Waals surface area contributed by atoms with Crippen LogP contribution in [0.4, 0.5) is 0 Å². The molecule has 3 aromatic rings. The average Bonchev–Trinajstić information content (AvgIpc) is 2.95. The molecular weight excluding hydrogens is 232 g/mol. The molecule has 4 N–H and O–H groups in total. The minimum absolute atomic E-state index is 0.126. The van der Waals surface area contributed by atoms with E-state index in [0.717, 1.165) is 5.39 Å². The highest BCUT2D eigenvalue weighted by Crippen LogP contribution is 2.30. The van der Waals surface area contributed by atoms with Gasteiger partial charge in [0.2, 0.25) is 0 Å². The highest BCUT2D eigenvalue weighted by molar-refractivity contribution is 5.97. The average molecular weight is 242 g/mol. The molecular formula is C13H10N2O3. The van der Waals surface area contributed by atoms with Crippen molar-refractivity contribution in [1.29, 1.82) is 0 Å². The number of para-hydroxylation sites is 1. The molecule has 3 rings (SSSR count). The fraction of sp³-hybridized carbons (Fsp3) is 0. The van der Waals surface area contributed by atoms with Crippen LogP contribution in [0.25, 0.3) is 22.2 Å². The van der Waals surface area contributed by atoms with E-state index in [9.17, 15) is 9.90 Å². The molecule has 0 atom stereocenters. The molecule has 2 heterocycles. The number of fused-ring (bicyclic) bond motifs is 1. The number of phenols is 1. The van der Waals surface area contributed by atoms with E-state index in [0.29, 0.717) is 16.8 Å². The van der Waals surface area contributed by atoms with Gasteiger partial charge < -0.3 is 20.2 Å². The van der Waals surface area contributed by atoms with Gasteiger partial charge >= 0.3 is 5.97 Å². The molecule has 0 aliphatic rings. The van der Waals surface area contributed by atoms with E-state index >= 15 is 0 Å². The molecule has 0 radical (unpaired) electrons. The lowest BCUT2D eigenvalue weighted by Crippen LogP contribution is -1.98. The van der Waals surface area contributed by atoms with Gasteiger partial charge in [-0.05, 0) is 18.2 Å². The fourth-order valence-electron chi connectivity index (χ4n) is 2.06. The summed E-state index contributed by atoms with van der Waals surface area (Å²) < 4.78 is 0. The molecule has 0 spiro atoms. The van der Waals surface area contributed by atoms with Gasteiger partial charge in [0, 0.05) is 22.8 Å². The number of benzene rings is 1. The van der Waals surface area contributed by atoms with Crippen molar-refractivity contribution in [3.05, 3.63) is 42.2 Å². The highest BCUT2D eigenvalue weighted by Gasteiger charge is 2.15. The van der Waals surface area contributed by atoms with Crippen LogP contribution in [0.5, 0.6) is 5.75 Å². The molecule has 18 heavy (non-hydrogen) atoms. The zero-order valence-electron chi connectivity index (χ0n) is 9.27. The van der Waals surface area contributed by atoms with Crippen LogP contribution >= 0.6 is 0 Å². The Bertz CT molecular complexity index is 740. The van der Waals surface area contributed by atoms with Crippen molar-refractivity contribution in [3.63, 3.8) is 0 Å². The van der Waals surface area contributed by atoms with Gasteiger partial charge in [0.15, 0.2) is 0 Å². The van der Waals surface area contributed by atoms with Gasteiger partial charge in [-0.25, -0.2) is 4.79 Å². The highest BCUT2D eigenvalue weighted by atomic mass is 16.4. The molecule has 0 aliphatic heterocycles. The number of aromatic nitrogens is 2. The van der Waals surface area contributed by atoms with Gasteiger partial charge in [-0.3, -0.25) is 0 Å². The predicted molar refractivity (Wildman–Crippen MR) is 66.7 cm³/mol. The number of carboxylic acid groups (broad SMARTS) is 1. The summed E-state index contributed by atoms with van der Waals surface area (Å²) in [6.45, 7) is 0. The SMILES string of the molecule is O=C(O)c1[nH]ccc1-c1cc2cccc(O)c2[nH]1. The molecule has 5 heteroatoms. The maximum atomic E-state index is 11.0. The Hall–Kier alpha value is -2.69. The molecule has 0 unspecified atom stereocenters. The normalized spacial score (nSPS) is 10.9. The lowest BCUT2D eigenvalue weighted by molar-refractivity contribution is 0.0692. The zero-order valence-corrected chi connectivity index (χ0v) is 9.27. The van der Waals surface area contributed by atoms with Crippen molar-refractivity contribution < 1.29 is 15.0 Å². The number of rotatable bonds is 2. The smallest absolute Gasteiger partial charge is 0.353 e. The van der Waals surface area contributed by atoms with E-state index in [1.807, 2.05) is 12.1 Å². The molecule has 90 valence electrons. The number of carbonyl (C=O) groups is 1. The number of aromatic hydroxyl groups is 1. The number of nitrogens with one attached hydrogen (secondary N) is 2. The largest absolute Gasteiger partial charge is 0.506 e. The monoisotopic (exact) mass is 242 g/mol. The van der Waals surface area contributed by atoms with Gasteiger partial charge in [0.25, 0.3) is 0 Å². The third-order valence-electron chi connectivity index (χ3n) is 2.89. The Morgan fingerprint density at radius 1 is 1.22 bits per heavy atom. The lowest BCUT2D eigenvalue weighted by Gasteiger charge is -1.96. The summed E-state index contributed by atoms with van der Waals surface area (Å²) in [5.41, 5.74) is 1.95. The number of phenolic OH excluding ortho intramolecular Hbond substituents is 1. The van der Waals surface area contributed by atoms with Gasteiger partial charge in [-0.1, -0.05) is 12.1 Å². The van der Waals surface area contributed by atoms with E-state index < -0.39 is 5.97 Å². The Balaban J connectivity index is 2.23. The van der Waals surface area contributed by atoms with Crippen LogP contribution in [0.1, 0.15) is 10.5 Å². The summed E-state index contributed by atoms with van der Waals surface area (Å²) >= 11 is 0. The molecule has 0 amide bonds. The molecule has 0 bridgehead atoms.